The van der Waals surface area contributed by atoms with Gasteiger partial charge in [0.15, 0.2) is 5.78 Å². The molecule has 6 nitrogen and oxygen atoms in total. The van der Waals surface area contributed by atoms with Crippen LogP contribution in [-0.4, -0.2) is 41.6 Å². The van der Waals surface area contributed by atoms with Crippen LogP contribution >= 0.6 is 11.6 Å². The number of ketones is 1. The maximum absolute atomic E-state index is 12.9. The van der Waals surface area contributed by atoms with E-state index in [4.69, 9.17) is 21.1 Å². The van der Waals surface area contributed by atoms with E-state index in [9.17, 15) is 19.5 Å². The number of rotatable bonds is 9. The summed E-state index contributed by atoms with van der Waals surface area (Å²) in [7, 11) is 0. The van der Waals surface area contributed by atoms with Crippen LogP contribution in [0.15, 0.2) is 54.6 Å². The predicted octanol–water partition coefficient (Wildman–Crippen LogP) is 3.55. The monoisotopic (exact) mass is 418 g/mol. The van der Waals surface area contributed by atoms with Crippen LogP contribution in [0.5, 0.6) is 0 Å². The zero-order valence-corrected chi connectivity index (χ0v) is 17.0. The van der Waals surface area contributed by atoms with E-state index in [-0.39, 0.29) is 25.4 Å². The van der Waals surface area contributed by atoms with Gasteiger partial charge in [0.25, 0.3) is 5.60 Å². The molecule has 2 rings (SSSR count). The molecule has 2 aromatic carbocycles. The van der Waals surface area contributed by atoms with Crippen molar-refractivity contribution in [2.75, 3.05) is 13.2 Å². The molecule has 154 valence electrons. The van der Waals surface area contributed by atoms with E-state index in [2.05, 4.69) is 0 Å². The number of carbonyl (C=O) groups excluding carboxylic acids is 3. The molecule has 1 unspecified atom stereocenters. The Hall–Kier alpha value is -2.70. The SMILES string of the molecule is CCOC(=O)C(O)(C(=O)OCC)C(CC(=O)c1ccc(Cl)cc1)c1ccccc1. The summed E-state index contributed by atoms with van der Waals surface area (Å²) in [6.07, 6.45) is -0.320. The lowest BCUT2D eigenvalue weighted by atomic mass is 9.77. The molecule has 0 saturated heterocycles. The van der Waals surface area contributed by atoms with E-state index in [1.807, 2.05) is 0 Å². The average Bonchev–Trinajstić information content (AvgIpc) is 2.72. The normalized spacial score (nSPS) is 12.1. The summed E-state index contributed by atoms with van der Waals surface area (Å²) in [5, 5.41) is 11.7. The van der Waals surface area contributed by atoms with Crippen molar-refractivity contribution in [3.05, 3.63) is 70.7 Å². The van der Waals surface area contributed by atoms with Gasteiger partial charge in [0.2, 0.25) is 0 Å². The van der Waals surface area contributed by atoms with Gasteiger partial charge in [-0.15, -0.1) is 0 Å². The fourth-order valence-corrected chi connectivity index (χ4v) is 3.11. The Balaban J connectivity index is 2.51. The molecule has 0 radical (unpaired) electrons. The van der Waals surface area contributed by atoms with E-state index in [1.54, 1.807) is 68.4 Å². The molecule has 0 bridgehead atoms. The van der Waals surface area contributed by atoms with Gasteiger partial charge in [0, 0.05) is 22.9 Å². The standard InChI is InChI=1S/C22H23ClO6/c1-3-28-20(25)22(27,21(26)29-4-2)18(15-8-6-5-7-9-15)14-19(24)16-10-12-17(23)13-11-16/h5-13,18,27H,3-4,14H2,1-2H3. The largest absolute Gasteiger partial charge is 0.463 e. The van der Waals surface area contributed by atoms with Crippen molar-refractivity contribution in [2.24, 2.45) is 0 Å². The van der Waals surface area contributed by atoms with E-state index >= 15 is 0 Å². The minimum absolute atomic E-state index is 0.0484. The third-order valence-electron chi connectivity index (χ3n) is 4.44. The Morgan fingerprint density at radius 1 is 0.931 bits per heavy atom. The van der Waals surface area contributed by atoms with Crippen molar-refractivity contribution in [3.8, 4) is 0 Å². The first kappa shape index (κ1) is 22.6. The Bertz CT molecular complexity index is 829. The summed E-state index contributed by atoms with van der Waals surface area (Å²) in [5.74, 6) is -3.89. The second kappa shape index (κ2) is 10.2. The van der Waals surface area contributed by atoms with Gasteiger partial charge in [0.05, 0.1) is 13.2 Å². The van der Waals surface area contributed by atoms with Crippen LogP contribution in [-0.2, 0) is 19.1 Å². The summed E-state index contributed by atoms with van der Waals surface area (Å²) in [5.41, 5.74) is -1.90. The summed E-state index contributed by atoms with van der Waals surface area (Å²) < 4.78 is 9.92. The van der Waals surface area contributed by atoms with Crippen LogP contribution in [0.4, 0.5) is 0 Å². The number of hydrogen-bond acceptors (Lipinski definition) is 6. The summed E-state index contributed by atoms with van der Waals surface area (Å²) in [6.45, 7) is 3.01. The zero-order chi connectivity index (χ0) is 21.4. The van der Waals surface area contributed by atoms with Gasteiger partial charge >= 0.3 is 11.9 Å². The maximum Gasteiger partial charge on any atom is 0.350 e. The van der Waals surface area contributed by atoms with Crippen molar-refractivity contribution >= 4 is 29.3 Å². The molecule has 0 aliphatic carbocycles. The Morgan fingerprint density at radius 3 is 1.93 bits per heavy atom. The van der Waals surface area contributed by atoms with Crippen LogP contribution in [0.2, 0.25) is 5.02 Å². The van der Waals surface area contributed by atoms with E-state index in [0.717, 1.165) is 0 Å². The molecule has 0 spiro atoms. The van der Waals surface area contributed by atoms with E-state index in [1.165, 1.54) is 0 Å². The summed E-state index contributed by atoms with van der Waals surface area (Å²) >= 11 is 5.87. The molecule has 0 aromatic heterocycles. The molecule has 0 amide bonds. The Morgan fingerprint density at radius 2 is 1.45 bits per heavy atom. The zero-order valence-electron chi connectivity index (χ0n) is 16.3. The number of aliphatic hydroxyl groups is 1. The van der Waals surface area contributed by atoms with Gasteiger partial charge in [-0.3, -0.25) is 4.79 Å². The Labute approximate surface area is 174 Å². The molecule has 0 fully saturated rings. The first-order valence-corrected chi connectivity index (χ1v) is 9.62. The number of carbonyl (C=O) groups is 3. The molecular formula is C22H23ClO6. The van der Waals surface area contributed by atoms with Gasteiger partial charge < -0.3 is 14.6 Å². The molecule has 29 heavy (non-hydrogen) atoms. The smallest absolute Gasteiger partial charge is 0.350 e. The molecule has 2 aromatic rings. The van der Waals surface area contributed by atoms with Crippen molar-refractivity contribution in [1.82, 2.24) is 0 Å². The molecule has 0 saturated carbocycles. The lowest BCUT2D eigenvalue weighted by molar-refractivity contribution is -0.186. The second-order valence-electron chi connectivity index (χ2n) is 6.30. The van der Waals surface area contributed by atoms with Crippen LogP contribution in [0, 0.1) is 0 Å². The average molecular weight is 419 g/mol. The van der Waals surface area contributed by atoms with Crippen molar-refractivity contribution in [2.45, 2.75) is 31.8 Å². The van der Waals surface area contributed by atoms with E-state index in [0.29, 0.717) is 16.1 Å². The van der Waals surface area contributed by atoms with Crippen molar-refractivity contribution in [3.63, 3.8) is 0 Å². The quantitative estimate of drug-likeness (QED) is 0.380. The van der Waals surface area contributed by atoms with Gasteiger partial charge in [0.1, 0.15) is 0 Å². The van der Waals surface area contributed by atoms with Crippen LogP contribution < -0.4 is 0 Å². The lowest BCUT2D eigenvalue weighted by Crippen LogP contribution is -2.54. The highest BCUT2D eigenvalue weighted by Gasteiger charge is 2.54. The fourth-order valence-electron chi connectivity index (χ4n) is 2.98. The summed E-state index contributed by atoms with van der Waals surface area (Å²) in [4.78, 5) is 38.2. The Kier molecular flexibility index (Phi) is 7.93. The van der Waals surface area contributed by atoms with Crippen LogP contribution in [0.25, 0.3) is 0 Å². The topological polar surface area (TPSA) is 89.9 Å². The number of esters is 2. The molecule has 1 N–H and O–H groups in total. The highest BCUT2D eigenvalue weighted by atomic mass is 35.5. The number of halogens is 1. The number of hydrogen-bond donors (Lipinski definition) is 1. The van der Waals surface area contributed by atoms with Crippen LogP contribution in [0.3, 0.4) is 0 Å². The highest BCUT2D eigenvalue weighted by molar-refractivity contribution is 6.30. The van der Waals surface area contributed by atoms with Crippen LogP contribution in [0.1, 0.15) is 42.1 Å². The third kappa shape index (κ3) is 5.22. The lowest BCUT2D eigenvalue weighted by Gasteiger charge is -2.32. The second-order valence-corrected chi connectivity index (χ2v) is 6.74. The molecule has 0 heterocycles. The fraction of sp³-hybridized carbons (Fsp3) is 0.318. The number of ether oxygens (including phenoxy) is 2. The van der Waals surface area contributed by atoms with E-state index < -0.39 is 23.5 Å². The number of Topliss-reactive ketones (excluding diaryl/α,β-unsaturated/α-hetero) is 1. The minimum Gasteiger partial charge on any atom is -0.463 e. The predicted molar refractivity (Wildman–Crippen MR) is 108 cm³/mol. The highest BCUT2D eigenvalue weighted by Crippen LogP contribution is 2.35. The molecule has 0 aliphatic rings. The molecule has 1 atom stereocenters. The molecule has 7 heteroatoms. The van der Waals surface area contributed by atoms with Crippen molar-refractivity contribution < 1.29 is 29.0 Å². The minimum atomic E-state index is -2.67. The first-order chi connectivity index (χ1) is 13.8. The van der Waals surface area contributed by atoms with Gasteiger partial charge in [-0.05, 0) is 43.7 Å². The van der Waals surface area contributed by atoms with Gasteiger partial charge in [-0.2, -0.15) is 0 Å². The molecule has 0 aliphatic heterocycles. The maximum atomic E-state index is 12.9. The van der Waals surface area contributed by atoms with Crippen molar-refractivity contribution in [1.29, 1.82) is 0 Å². The first-order valence-electron chi connectivity index (χ1n) is 9.25. The van der Waals surface area contributed by atoms with Gasteiger partial charge in [-0.1, -0.05) is 41.9 Å². The van der Waals surface area contributed by atoms with Gasteiger partial charge in [-0.25, -0.2) is 9.59 Å². The summed E-state index contributed by atoms with van der Waals surface area (Å²) in [6, 6.07) is 14.6. The molecular weight excluding hydrogens is 396 g/mol. The number of benzene rings is 2. The third-order valence-corrected chi connectivity index (χ3v) is 4.69.